The molecule has 50 heavy (non-hydrogen) atoms. The fourth-order valence-electron chi connectivity index (χ4n) is 5.46. The number of hydrogen-bond acceptors (Lipinski definition) is 10. The maximum atomic E-state index is 12.9. The molecule has 16 heteroatoms. The van der Waals surface area contributed by atoms with E-state index in [1.54, 1.807) is 55.6 Å². The van der Waals surface area contributed by atoms with Crippen molar-refractivity contribution in [1.82, 2.24) is 29.7 Å². The number of carbonyl (C=O) groups excluding carboxylic acids is 3. The molecule has 0 radical (unpaired) electrons. The maximum absolute atomic E-state index is 12.9. The van der Waals surface area contributed by atoms with E-state index in [1.165, 1.54) is 18.2 Å². The van der Waals surface area contributed by atoms with Crippen LogP contribution in [0.3, 0.4) is 0 Å². The van der Waals surface area contributed by atoms with Gasteiger partial charge in [0.15, 0.2) is 17.2 Å². The Kier molecular flexibility index (Phi) is 12.8. The van der Waals surface area contributed by atoms with E-state index < -0.39 is 51.0 Å². The van der Waals surface area contributed by atoms with Crippen molar-refractivity contribution < 1.29 is 29.7 Å². The topological polar surface area (TPSA) is 240 Å². The molecule has 3 amide bonds. The Morgan fingerprint density at radius 3 is 1.38 bits per heavy atom. The molecule has 3 rings (SSSR count). The summed E-state index contributed by atoms with van der Waals surface area (Å²) in [6.07, 6.45) is 0.00729. The molecular weight excluding hydrogens is 650 g/mol. The fourth-order valence-corrected chi connectivity index (χ4v) is 5.46. The first-order chi connectivity index (χ1) is 23.3. The Balaban J connectivity index is 1.68. The summed E-state index contributed by atoms with van der Waals surface area (Å²) in [5.41, 5.74) is 6.35. The van der Waals surface area contributed by atoms with E-state index in [9.17, 15) is 44.1 Å². The van der Waals surface area contributed by atoms with Crippen molar-refractivity contribution in [3.8, 4) is 17.2 Å². The Morgan fingerprint density at radius 2 is 0.980 bits per heavy atom. The van der Waals surface area contributed by atoms with Crippen molar-refractivity contribution in [3.05, 3.63) is 83.0 Å². The van der Waals surface area contributed by atoms with Gasteiger partial charge < -0.3 is 50.7 Å². The van der Waals surface area contributed by atoms with E-state index >= 15 is 0 Å². The third-order valence-corrected chi connectivity index (χ3v) is 9.29. The number of rotatable bonds is 15. The molecule has 3 aromatic heterocycles. The van der Waals surface area contributed by atoms with Gasteiger partial charge in [0.05, 0.1) is 36.7 Å². The molecule has 3 heterocycles. The van der Waals surface area contributed by atoms with E-state index in [1.807, 2.05) is 0 Å². The lowest BCUT2D eigenvalue weighted by molar-refractivity contribution is -0.121. The van der Waals surface area contributed by atoms with E-state index in [0.29, 0.717) is 22.8 Å². The van der Waals surface area contributed by atoms with Crippen LogP contribution in [0.2, 0.25) is 0 Å². The van der Waals surface area contributed by atoms with Gasteiger partial charge in [-0.15, -0.1) is 0 Å². The van der Waals surface area contributed by atoms with Gasteiger partial charge in [0.25, 0.3) is 0 Å². The molecule has 0 bridgehead atoms. The summed E-state index contributed by atoms with van der Waals surface area (Å²) in [6, 6.07) is 3.80. The number of nitrogens with two attached hydrogens (primary N) is 1. The second-order valence-corrected chi connectivity index (χ2v) is 12.7. The second kappa shape index (κ2) is 16.3. The molecule has 8 N–H and O–H groups in total. The van der Waals surface area contributed by atoms with Gasteiger partial charge in [-0.25, -0.2) is 0 Å². The molecule has 16 nitrogen and oxygen atoms in total. The van der Waals surface area contributed by atoms with Crippen molar-refractivity contribution >= 4 is 17.7 Å². The number of pyridine rings is 3. The summed E-state index contributed by atoms with van der Waals surface area (Å²) in [5, 5.41) is 38.4. The number of nitrogens with zero attached hydrogens (tertiary/aromatic N) is 3. The van der Waals surface area contributed by atoms with Crippen LogP contribution in [0.1, 0.15) is 72.7 Å². The second-order valence-electron chi connectivity index (χ2n) is 12.7. The lowest BCUT2D eigenvalue weighted by Gasteiger charge is -2.29. The van der Waals surface area contributed by atoms with Crippen LogP contribution in [-0.2, 0) is 55.2 Å². The van der Waals surface area contributed by atoms with E-state index in [2.05, 4.69) is 16.0 Å². The van der Waals surface area contributed by atoms with Gasteiger partial charge in [0.1, 0.15) is 0 Å². The SMILES string of the molecule is Cc1cc(=O)c(O)c(CNC(=O)CCC(N)(CCC(=O)NCc2cc(=O)c(O)c(C)n2C)CCC(=O)NCc2c(O)c(=O)cc(C)n2C)n1C. The fraction of sp³-hybridized carbons (Fsp3) is 0.471. The zero-order chi connectivity index (χ0) is 37.5. The number of aryl methyl sites for hydroxylation is 2. The number of carbonyl (C=O) groups is 3. The maximum Gasteiger partial charge on any atom is 0.223 e. The zero-order valence-electron chi connectivity index (χ0n) is 29.3. The van der Waals surface area contributed by atoms with Crippen LogP contribution in [0.4, 0.5) is 0 Å². The molecule has 0 spiro atoms. The van der Waals surface area contributed by atoms with E-state index in [4.69, 9.17) is 5.73 Å². The lowest BCUT2D eigenvalue weighted by Crippen LogP contribution is -2.43. The van der Waals surface area contributed by atoms with Gasteiger partial charge in [-0.05, 0) is 40.0 Å². The first-order valence-electron chi connectivity index (χ1n) is 16.1. The van der Waals surface area contributed by atoms with Crippen LogP contribution in [0, 0.1) is 20.8 Å². The largest absolute Gasteiger partial charge is 0.503 e. The van der Waals surface area contributed by atoms with Gasteiger partial charge in [-0.2, -0.15) is 0 Å². The smallest absolute Gasteiger partial charge is 0.223 e. The van der Waals surface area contributed by atoms with Crippen molar-refractivity contribution in [2.45, 2.75) is 84.5 Å². The monoisotopic (exact) mass is 697 g/mol. The minimum atomic E-state index is -1.16. The van der Waals surface area contributed by atoms with Crippen molar-refractivity contribution in [3.63, 3.8) is 0 Å². The molecule has 272 valence electrons. The average molecular weight is 698 g/mol. The van der Waals surface area contributed by atoms with Crippen LogP contribution in [0.5, 0.6) is 17.2 Å². The Labute approximate surface area is 288 Å². The molecule has 0 atom stereocenters. The van der Waals surface area contributed by atoms with Crippen LogP contribution in [-0.4, -0.2) is 52.3 Å². The quantitative estimate of drug-likeness (QED) is 0.113. The van der Waals surface area contributed by atoms with Gasteiger partial charge >= 0.3 is 0 Å². The van der Waals surface area contributed by atoms with Crippen molar-refractivity contribution in [1.29, 1.82) is 0 Å². The first-order valence-corrected chi connectivity index (χ1v) is 16.1. The summed E-state index contributed by atoms with van der Waals surface area (Å²) in [4.78, 5) is 74.8. The van der Waals surface area contributed by atoms with Crippen molar-refractivity contribution in [2.24, 2.45) is 26.9 Å². The number of nitrogens with one attached hydrogen (secondary N) is 3. The highest BCUT2D eigenvalue weighted by Gasteiger charge is 2.28. The molecular formula is C34H47N7O9. The highest BCUT2D eigenvalue weighted by Crippen LogP contribution is 2.24. The van der Waals surface area contributed by atoms with E-state index in [-0.39, 0.29) is 75.3 Å². The van der Waals surface area contributed by atoms with Crippen LogP contribution in [0.15, 0.2) is 32.6 Å². The number of aromatic hydroxyl groups is 3. The number of amides is 3. The summed E-state index contributed by atoms with van der Waals surface area (Å²) in [7, 11) is 4.95. The lowest BCUT2D eigenvalue weighted by atomic mass is 9.84. The highest BCUT2D eigenvalue weighted by molar-refractivity contribution is 5.77. The Morgan fingerprint density at radius 1 is 0.620 bits per heavy atom. The molecule has 0 saturated carbocycles. The van der Waals surface area contributed by atoms with Crippen LogP contribution < -0.4 is 38.0 Å². The Hall–Kier alpha value is -5.38. The number of hydrogen-bond donors (Lipinski definition) is 7. The summed E-state index contributed by atoms with van der Waals surface area (Å²) in [5.74, 6) is -2.56. The molecule has 0 fully saturated rings. The van der Waals surface area contributed by atoms with Crippen LogP contribution in [0.25, 0.3) is 0 Å². The van der Waals surface area contributed by atoms with Gasteiger partial charge in [0, 0.05) is 81.2 Å². The predicted molar refractivity (Wildman–Crippen MR) is 184 cm³/mol. The third kappa shape index (κ3) is 9.62. The van der Waals surface area contributed by atoms with Gasteiger partial charge in [-0.3, -0.25) is 28.8 Å². The van der Waals surface area contributed by atoms with Crippen LogP contribution >= 0.6 is 0 Å². The summed E-state index contributed by atoms with van der Waals surface area (Å²) >= 11 is 0. The molecule has 0 unspecified atom stereocenters. The molecule has 0 aliphatic heterocycles. The normalized spacial score (nSPS) is 11.3. The van der Waals surface area contributed by atoms with Crippen molar-refractivity contribution in [2.75, 3.05) is 0 Å². The standard InChI is InChI=1S/C34H47N7O9/c1-19-13-25(42)32(49)23(39(19)4)17-37-29(46)8-11-34(35,10-7-28(45)36-16-22-15-27(44)31(48)21(3)41(22)6)12-9-30(47)38-18-24-33(50)26(43)14-20(2)40(24)5/h13-15,48-50H,7-12,16-18,35H2,1-6H3,(H,36,45)(H,37,46)(H,38,47). The molecule has 3 aromatic rings. The highest BCUT2D eigenvalue weighted by atomic mass is 16.3. The van der Waals surface area contributed by atoms with E-state index in [0.717, 1.165) is 0 Å². The molecule has 0 aromatic carbocycles. The first kappa shape index (κ1) is 39.1. The minimum absolute atomic E-state index is 0.0106. The predicted octanol–water partition coefficient (Wildman–Crippen LogP) is 0.112. The molecule has 0 aliphatic carbocycles. The van der Waals surface area contributed by atoms with Gasteiger partial charge in [0.2, 0.25) is 34.0 Å². The Bertz CT molecular complexity index is 1870. The minimum Gasteiger partial charge on any atom is -0.503 e. The third-order valence-electron chi connectivity index (χ3n) is 9.29. The summed E-state index contributed by atoms with van der Waals surface area (Å²) < 4.78 is 4.77. The zero-order valence-corrected chi connectivity index (χ0v) is 29.3. The number of aromatic nitrogens is 3. The molecule has 0 aliphatic rings. The average Bonchev–Trinajstić information content (AvgIpc) is 3.07. The molecule has 0 saturated heterocycles. The van der Waals surface area contributed by atoms with Gasteiger partial charge in [-0.1, -0.05) is 0 Å². The summed E-state index contributed by atoms with van der Waals surface area (Å²) in [6.45, 7) is 4.74.